The number of methoxy groups -OCH3 is 1. The minimum atomic E-state index is -3.88. The molecule has 0 N–H and O–H groups in total. The van der Waals surface area contributed by atoms with Gasteiger partial charge in [0, 0.05) is 19.1 Å². The van der Waals surface area contributed by atoms with Gasteiger partial charge in [-0.25, -0.2) is 17.2 Å². The fourth-order valence-corrected chi connectivity index (χ4v) is 4.88. The molecule has 152 valence electrons. The first kappa shape index (κ1) is 21.4. The zero-order chi connectivity index (χ0) is 21.1. The van der Waals surface area contributed by atoms with Gasteiger partial charge in [-0.3, -0.25) is 0 Å². The molecule has 3 nitrogen and oxygen atoms in total. The molecule has 1 aliphatic carbocycles. The Morgan fingerprint density at radius 2 is 1.79 bits per heavy atom. The van der Waals surface area contributed by atoms with Crippen LogP contribution in [-0.2, 0) is 14.6 Å². The summed E-state index contributed by atoms with van der Waals surface area (Å²) in [6, 6.07) is 14.3. The Morgan fingerprint density at radius 1 is 1.14 bits per heavy atom. The maximum Gasteiger partial charge on any atom is 0.240 e. The number of hydrogen-bond acceptors (Lipinski definition) is 3. The number of benzene rings is 2. The van der Waals surface area contributed by atoms with Crippen molar-refractivity contribution in [1.82, 2.24) is 0 Å². The largest absolute Gasteiger partial charge is 0.345 e. The molecule has 0 heterocycles. The Balaban J connectivity index is 1.90. The summed E-state index contributed by atoms with van der Waals surface area (Å²) in [7, 11) is -2.69. The summed E-state index contributed by atoms with van der Waals surface area (Å²) in [4.78, 5) is -0.216. The van der Waals surface area contributed by atoms with E-state index in [0.29, 0.717) is 11.1 Å². The van der Waals surface area contributed by atoms with Crippen LogP contribution in [-0.4, -0.2) is 27.1 Å². The molecule has 2 aromatic carbocycles. The number of allylic oxidation sites excluding steroid dienone is 2. The van der Waals surface area contributed by atoms with Gasteiger partial charge >= 0.3 is 0 Å². The molecular weight excluding hydrogens is 418 g/mol. The highest BCUT2D eigenvalue weighted by molar-refractivity contribution is 7.95. The minimum Gasteiger partial charge on any atom is -0.345 e. The first-order valence-electron chi connectivity index (χ1n) is 8.80. The smallest absolute Gasteiger partial charge is 0.240 e. The van der Waals surface area contributed by atoms with Crippen molar-refractivity contribution in [3.63, 3.8) is 0 Å². The molecule has 0 bridgehead atoms. The van der Waals surface area contributed by atoms with E-state index in [1.165, 1.54) is 43.5 Å². The molecule has 0 saturated carbocycles. The van der Waals surface area contributed by atoms with Crippen molar-refractivity contribution in [3.05, 3.63) is 93.6 Å². The van der Waals surface area contributed by atoms with Gasteiger partial charge in [0.15, 0.2) is 9.84 Å². The predicted molar refractivity (Wildman–Crippen MR) is 112 cm³/mol. The van der Waals surface area contributed by atoms with Crippen molar-refractivity contribution in [2.75, 3.05) is 12.9 Å². The summed E-state index contributed by atoms with van der Waals surface area (Å²) in [6.45, 7) is 0. The highest BCUT2D eigenvalue weighted by atomic mass is 35.5. The first-order chi connectivity index (χ1) is 13.7. The third kappa shape index (κ3) is 4.83. The average Bonchev–Trinajstić information content (AvgIpc) is 2.71. The summed E-state index contributed by atoms with van der Waals surface area (Å²) < 4.78 is 59.1. The van der Waals surface area contributed by atoms with Crippen molar-refractivity contribution in [2.24, 2.45) is 0 Å². The lowest BCUT2D eigenvalue weighted by molar-refractivity contribution is -0.0681. The summed E-state index contributed by atoms with van der Waals surface area (Å²) in [5.74, 6) is -3.07. The molecule has 1 atom stereocenters. The van der Waals surface area contributed by atoms with E-state index >= 15 is 4.39 Å². The van der Waals surface area contributed by atoms with Crippen molar-refractivity contribution < 1.29 is 21.9 Å². The molecule has 1 unspecified atom stereocenters. The van der Waals surface area contributed by atoms with Crippen LogP contribution in [0.1, 0.15) is 17.5 Å². The van der Waals surface area contributed by atoms with Crippen LogP contribution in [0.2, 0.25) is 0 Å². The molecule has 29 heavy (non-hydrogen) atoms. The number of rotatable bonds is 6. The Bertz CT molecular complexity index is 1070. The second-order valence-corrected chi connectivity index (χ2v) is 9.00. The fraction of sp³-hybridized carbons (Fsp3) is 0.182. The first-order valence-corrected chi connectivity index (χ1v) is 10.8. The van der Waals surface area contributed by atoms with Gasteiger partial charge in [-0.05, 0) is 29.3 Å². The Kier molecular flexibility index (Phi) is 6.36. The number of halogens is 3. The van der Waals surface area contributed by atoms with E-state index in [-0.39, 0.29) is 27.1 Å². The van der Waals surface area contributed by atoms with Gasteiger partial charge in [-0.1, -0.05) is 66.2 Å². The highest BCUT2D eigenvalue weighted by Crippen LogP contribution is 2.44. The molecular formula is C22H19ClF2O3S. The second-order valence-electron chi connectivity index (χ2n) is 6.54. The van der Waals surface area contributed by atoms with Crippen LogP contribution in [0.5, 0.6) is 0 Å². The Morgan fingerprint density at radius 3 is 2.41 bits per heavy atom. The third-order valence-electron chi connectivity index (χ3n) is 4.61. The van der Waals surface area contributed by atoms with Crippen molar-refractivity contribution in [1.29, 1.82) is 0 Å². The number of ether oxygens (including phenoxy) is 1. The molecule has 0 amide bonds. The lowest BCUT2D eigenvalue weighted by Gasteiger charge is -2.31. The quantitative estimate of drug-likeness (QED) is 0.600. The van der Waals surface area contributed by atoms with Crippen LogP contribution in [0.15, 0.2) is 76.7 Å². The number of hydrogen-bond donors (Lipinski definition) is 0. The maximum absolute atomic E-state index is 15.5. The topological polar surface area (TPSA) is 43.4 Å². The standard InChI is InChI=1S/C22H19ClF2O3S/c1-28-22(25)15-21(20(23)14-19(22)17-7-3-2-4-8-17)29(26,27)13-5-6-16-9-11-18(24)12-10-16/h2-12,14H,13,15H2,1H3. The summed E-state index contributed by atoms with van der Waals surface area (Å²) >= 11 is 6.25. The van der Waals surface area contributed by atoms with Crippen LogP contribution < -0.4 is 0 Å². The zero-order valence-electron chi connectivity index (χ0n) is 15.6. The van der Waals surface area contributed by atoms with Crippen LogP contribution in [0.3, 0.4) is 0 Å². The SMILES string of the molecule is COC1(F)CC(S(=O)(=O)CC=Cc2ccc(F)cc2)=C(Cl)C=C1c1ccccc1. The van der Waals surface area contributed by atoms with Gasteiger partial charge < -0.3 is 4.74 Å². The fourth-order valence-electron chi connectivity index (χ4n) is 3.04. The normalized spacial score (nSPS) is 20.2. The molecule has 0 fully saturated rings. The molecule has 0 aromatic heterocycles. The predicted octanol–water partition coefficient (Wildman–Crippen LogP) is 5.50. The summed E-state index contributed by atoms with van der Waals surface area (Å²) in [5, 5.41) is -0.0376. The van der Waals surface area contributed by atoms with E-state index in [1.54, 1.807) is 36.4 Å². The molecule has 0 aliphatic heterocycles. The van der Waals surface area contributed by atoms with Crippen LogP contribution >= 0.6 is 11.6 Å². The van der Waals surface area contributed by atoms with Gasteiger partial charge in [0.2, 0.25) is 5.85 Å². The molecule has 0 spiro atoms. The van der Waals surface area contributed by atoms with Crippen molar-refractivity contribution in [3.8, 4) is 0 Å². The Labute approximate surface area is 173 Å². The molecule has 0 radical (unpaired) electrons. The summed E-state index contributed by atoms with van der Waals surface area (Å²) in [6.07, 6.45) is 3.76. The van der Waals surface area contributed by atoms with E-state index in [4.69, 9.17) is 16.3 Å². The maximum atomic E-state index is 15.5. The van der Waals surface area contributed by atoms with Gasteiger partial charge in [-0.15, -0.1) is 0 Å². The highest BCUT2D eigenvalue weighted by Gasteiger charge is 2.42. The van der Waals surface area contributed by atoms with Gasteiger partial charge in [0.1, 0.15) is 5.82 Å². The van der Waals surface area contributed by atoms with Crippen LogP contribution in [0, 0.1) is 5.82 Å². The lowest BCUT2D eigenvalue weighted by atomic mass is 9.92. The van der Waals surface area contributed by atoms with Gasteiger partial charge in [0.25, 0.3) is 0 Å². The Hall–Kier alpha value is -2.28. The van der Waals surface area contributed by atoms with Crippen molar-refractivity contribution in [2.45, 2.75) is 12.3 Å². The van der Waals surface area contributed by atoms with E-state index < -0.39 is 22.1 Å². The van der Waals surface area contributed by atoms with E-state index in [2.05, 4.69) is 0 Å². The van der Waals surface area contributed by atoms with Gasteiger partial charge in [0.05, 0.1) is 15.7 Å². The van der Waals surface area contributed by atoms with Crippen LogP contribution in [0.4, 0.5) is 8.78 Å². The van der Waals surface area contributed by atoms with Gasteiger partial charge in [-0.2, -0.15) is 0 Å². The third-order valence-corrected chi connectivity index (χ3v) is 6.80. The number of alkyl halides is 1. The number of sulfone groups is 1. The molecule has 1 aliphatic rings. The zero-order valence-corrected chi connectivity index (χ0v) is 17.2. The second kappa shape index (κ2) is 8.61. The molecule has 3 rings (SSSR count). The molecule has 0 saturated heterocycles. The molecule has 2 aromatic rings. The molecule has 7 heteroatoms. The average molecular weight is 437 g/mol. The van der Waals surface area contributed by atoms with Crippen molar-refractivity contribution >= 4 is 33.1 Å². The lowest BCUT2D eigenvalue weighted by Crippen LogP contribution is -2.32. The van der Waals surface area contributed by atoms with Crippen LogP contribution in [0.25, 0.3) is 11.6 Å². The summed E-state index contributed by atoms with van der Waals surface area (Å²) in [5.41, 5.74) is 1.38. The van der Waals surface area contributed by atoms with E-state index in [9.17, 15) is 12.8 Å². The minimum absolute atomic E-state index is 0.0376. The monoisotopic (exact) mass is 436 g/mol. The van der Waals surface area contributed by atoms with E-state index in [1.807, 2.05) is 0 Å². The van der Waals surface area contributed by atoms with E-state index in [0.717, 1.165) is 0 Å².